The molecule has 0 rings (SSSR count). The van der Waals surface area contributed by atoms with Crippen LogP contribution in [0.2, 0.25) is 6.04 Å². The quantitative estimate of drug-likeness (QED) is 0.236. The summed E-state index contributed by atoms with van der Waals surface area (Å²) in [6.45, 7) is 2.40. The summed E-state index contributed by atoms with van der Waals surface area (Å²) in [7, 11) is 2.65. The van der Waals surface area contributed by atoms with Gasteiger partial charge in [-0.25, -0.2) is 0 Å². The molecule has 0 aromatic heterocycles. The highest BCUT2D eigenvalue weighted by atomic mass is 28.4. The summed E-state index contributed by atoms with van der Waals surface area (Å²) < 4.78 is 21.3. The number of unbranched alkanes of at least 4 members (excludes halogenated alkanes) is 8. The molecule has 138 valence electrons. The van der Waals surface area contributed by atoms with Gasteiger partial charge in [-0.2, -0.15) is 0 Å². The Morgan fingerprint density at radius 1 is 0.739 bits per heavy atom. The second-order valence-electron chi connectivity index (χ2n) is 5.80. The number of ether oxygens (including phenoxy) is 1. The van der Waals surface area contributed by atoms with Crippen LogP contribution >= 0.6 is 0 Å². The number of esters is 1. The Morgan fingerprint density at radius 3 is 1.61 bits per heavy atom. The molecule has 0 radical (unpaired) electrons. The Balaban J connectivity index is 3.32. The minimum Gasteiger partial charge on any atom is -0.466 e. The number of carbonyl (C=O) groups is 1. The summed E-state index contributed by atoms with van der Waals surface area (Å²) in [5.41, 5.74) is 0. The second kappa shape index (κ2) is 15.1. The van der Waals surface area contributed by atoms with Crippen molar-refractivity contribution in [1.29, 1.82) is 0 Å². The van der Waals surface area contributed by atoms with Crippen molar-refractivity contribution in [2.24, 2.45) is 0 Å². The van der Waals surface area contributed by atoms with E-state index in [2.05, 4.69) is 0 Å². The molecule has 0 aromatic carbocycles. The average molecular weight is 349 g/mol. The van der Waals surface area contributed by atoms with Crippen LogP contribution in [0.5, 0.6) is 0 Å². The van der Waals surface area contributed by atoms with Crippen LogP contribution in [0, 0.1) is 0 Å². The van der Waals surface area contributed by atoms with Gasteiger partial charge in [0.25, 0.3) is 0 Å². The third-order valence-electron chi connectivity index (χ3n) is 4.11. The van der Waals surface area contributed by atoms with Crippen LogP contribution < -0.4 is 0 Å². The third-order valence-corrected chi connectivity index (χ3v) is 6.94. The van der Waals surface area contributed by atoms with Gasteiger partial charge in [0, 0.05) is 33.8 Å². The van der Waals surface area contributed by atoms with Crippen LogP contribution in [0.15, 0.2) is 0 Å². The minimum absolute atomic E-state index is 0.0903. The van der Waals surface area contributed by atoms with Gasteiger partial charge >= 0.3 is 14.8 Å². The lowest BCUT2D eigenvalue weighted by Crippen LogP contribution is -2.42. The molecule has 0 heterocycles. The molecule has 0 amide bonds. The van der Waals surface area contributed by atoms with Gasteiger partial charge in [-0.05, 0) is 12.8 Å². The monoisotopic (exact) mass is 348 g/mol. The second-order valence-corrected chi connectivity index (χ2v) is 8.89. The Morgan fingerprint density at radius 2 is 1.17 bits per heavy atom. The normalized spacial score (nSPS) is 11.7. The highest BCUT2D eigenvalue weighted by molar-refractivity contribution is 6.60. The maximum absolute atomic E-state index is 10.9. The van der Waals surface area contributed by atoms with Crippen LogP contribution in [0.1, 0.15) is 71.1 Å². The molecule has 0 atom stereocenters. The van der Waals surface area contributed by atoms with Gasteiger partial charge in [0.1, 0.15) is 0 Å². The fourth-order valence-corrected chi connectivity index (χ4v) is 4.32. The lowest BCUT2D eigenvalue weighted by molar-refractivity contribution is -0.143. The van der Waals surface area contributed by atoms with E-state index in [9.17, 15) is 4.79 Å². The van der Waals surface area contributed by atoms with Gasteiger partial charge < -0.3 is 18.0 Å². The first-order valence-electron chi connectivity index (χ1n) is 8.95. The molecule has 0 aliphatic rings. The fourth-order valence-electron chi connectivity index (χ4n) is 2.53. The zero-order chi connectivity index (χ0) is 17.4. The summed E-state index contributed by atoms with van der Waals surface area (Å²) >= 11 is 0. The maximum Gasteiger partial charge on any atom is 0.500 e. The predicted molar refractivity (Wildman–Crippen MR) is 94.4 cm³/mol. The lowest BCUT2D eigenvalue weighted by atomic mass is 10.1. The van der Waals surface area contributed by atoms with Crippen LogP contribution in [-0.4, -0.2) is 42.7 Å². The van der Waals surface area contributed by atoms with Gasteiger partial charge in [0.2, 0.25) is 0 Å². The number of rotatable bonds is 16. The molecule has 0 unspecified atom stereocenters. The van der Waals surface area contributed by atoms with Crippen molar-refractivity contribution in [3.8, 4) is 0 Å². The van der Waals surface area contributed by atoms with Gasteiger partial charge in [-0.1, -0.05) is 51.9 Å². The molecule has 0 bridgehead atoms. The first kappa shape index (κ1) is 22.6. The van der Waals surface area contributed by atoms with Crippen molar-refractivity contribution in [3.05, 3.63) is 0 Å². The van der Waals surface area contributed by atoms with Gasteiger partial charge in [0.05, 0.1) is 6.61 Å². The highest BCUT2D eigenvalue weighted by Crippen LogP contribution is 2.18. The van der Waals surface area contributed by atoms with E-state index in [-0.39, 0.29) is 5.97 Å². The summed E-state index contributed by atoms with van der Waals surface area (Å²) in [6.07, 6.45) is 11.3. The predicted octanol–water partition coefficient (Wildman–Crippen LogP) is 4.33. The molecule has 0 spiro atoms. The molecule has 0 saturated carbocycles. The van der Waals surface area contributed by atoms with E-state index in [1.807, 2.05) is 6.92 Å². The van der Waals surface area contributed by atoms with Gasteiger partial charge in [-0.15, -0.1) is 0 Å². The zero-order valence-corrected chi connectivity index (χ0v) is 16.5. The molecule has 5 nitrogen and oxygen atoms in total. The van der Waals surface area contributed by atoms with E-state index in [0.717, 1.165) is 25.3 Å². The van der Waals surface area contributed by atoms with Crippen LogP contribution in [-0.2, 0) is 22.8 Å². The molecule has 0 aliphatic carbocycles. The largest absolute Gasteiger partial charge is 0.500 e. The topological polar surface area (TPSA) is 54.0 Å². The molecule has 0 N–H and O–H groups in total. The summed E-state index contributed by atoms with van der Waals surface area (Å²) in [4.78, 5) is 10.9. The highest BCUT2D eigenvalue weighted by Gasteiger charge is 2.36. The molecular formula is C17H36O5Si. The van der Waals surface area contributed by atoms with Gasteiger partial charge in [-0.3, -0.25) is 4.79 Å². The van der Waals surface area contributed by atoms with E-state index in [4.69, 9.17) is 18.0 Å². The molecule has 6 heteroatoms. The standard InChI is InChI=1S/C17H36O5Si/c1-5-17(18)22-15-13-11-9-7-6-8-10-12-14-16-23(19-2,20-3)21-4/h5-16H2,1-4H3. The fraction of sp³-hybridized carbons (Fsp3) is 0.941. The van der Waals surface area contributed by atoms with Crippen molar-refractivity contribution >= 4 is 14.8 Å². The smallest absolute Gasteiger partial charge is 0.466 e. The first-order chi connectivity index (χ1) is 11.1. The lowest BCUT2D eigenvalue weighted by Gasteiger charge is -2.24. The van der Waals surface area contributed by atoms with Crippen LogP contribution in [0.25, 0.3) is 0 Å². The van der Waals surface area contributed by atoms with Crippen LogP contribution in [0.4, 0.5) is 0 Å². The molecule has 23 heavy (non-hydrogen) atoms. The average Bonchev–Trinajstić information content (AvgIpc) is 2.59. The third kappa shape index (κ3) is 11.7. The van der Waals surface area contributed by atoms with E-state index in [1.165, 1.54) is 38.5 Å². The summed E-state index contributed by atoms with van der Waals surface area (Å²) in [5, 5.41) is 0. The van der Waals surface area contributed by atoms with E-state index in [0.29, 0.717) is 13.0 Å². The number of carbonyl (C=O) groups excluding carboxylic acids is 1. The van der Waals surface area contributed by atoms with Crippen molar-refractivity contribution in [1.82, 2.24) is 0 Å². The Bertz CT molecular complexity index is 274. The number of hydrogen-bond donors (Lipinski definition) is 0. The number of hydrogen-bond acceptors (Lipinski definition) is 5. The van der Waals surface area contributed by atoms with Crippen molar-refractivity contribution in [3.63, 3.8) is 0 Å². The Kier molecular flexibility index (Phi) is 14.8. The maximum atomic E-state index is 10.9. The van der Waals surface area contributed by atoms with Crippen LogP contribution in [0.3, 0.4) is 0 Å². The van der Waals surface area contributed by atoms with Crippen molar-refractivity contribution < 1.29 is 22.8 Å². The van der Waals surface area contributed by atoms with Crippen molar-refractivity contribution in [2.45, 2.75) is 77.2 Å². The molecule has 0 aromatic rings. The summed E-state index contributed by atoms with van der Waals surface area (Å²) in [6, 6.07) is 0.896. The molecular weight excluding hydrogens is 312 g/mol. The molecule has 0 fully saturated rings. The Labute approximate surface area is 143 Å². The van der Waals surface area contributed by atoms with Crippen molar-refractivity contribution in [2.75, 3.05) is 27.9 Å². The Hall–Kier alpha value is -0.433. The van der Waals surface area contributed by atoms with E-state index in [1.54, 1.807) is 21.3 Å². The molecule has 0 aliphatic heterocycles. The minimum atomic E-state index is -2.36. The zero-order valence-electron chi connectivity index (χ0n) is 15.5. The SMILES string of the molecule is CCC(=O)OCCCCCCCCCCC[Si](OC)(OC)OC. The van der Waals surface area contributed by atoms with E-state index >= 15 is 0 Å². The first-order valence-corrected chi connectivity index (χ1v) is 10.9. The van der Waals surface area contributed by atoms with Gasteiger partial charge in [0.15, 0.2) is 0 Å². The summed E-state index contributed by atoms with van der Waals surface area (Å²) in [5.74, 6) is -0.0903. The molecule has 0 saturated heterocycles. The van der Waals surface area contributed by atoms with E-state index < -0.39 is 8.80 Å².